The van der Waals surface area contributed by atoms with Crippen molar-refractivity contribution in [1.29, 1.82) is 0 Å². The first kappa shape index (κ1) is 12.9. The molecule has 0 saturated carbocycles. The molecule has 100 valence electrons. The van der Waals surface area contributed by atoms with E-state index < -0.39 is 5.97 Å². The number of oxazole rings is 1. The van der Waals surface area contributed by atoms with Crippen LogP contribution < -0.4 is 0 Å². The molecule has 0 radical (unpaired) electrons. The van der Waals surface area contributed by atoms with E-state index in [-0.39, 0.29) is 5.56 Å². The van der Waals surface area contributed by atoms with Crippen LogP contribution in [0.5, 0.6) is 0 Å². The minimum atomic E-state index is -0.977. The monoisotopic (exact) mass is 331 g/mol. The van der Waals surface area contributed by atoms with Gasteiger partial charge >= 0.3 is 5.97 Å². The van der Waals surface area contributed by atoms with Crippen LogP contribution in [-0.2, 0) is 0 Å². The Hall–Kier alpha value is -2.14. The van der Waals surface area contributed by atoms with Crippen molar-refractivity contribution in [2.75, 3.05) is 0 Å². The van der Waals surface area contributed by atoms with E-state index in [1.165, 1.54) is 12.1 Å². The number of carboxylic acids is 1. The molecule has 0 amide bonds. The Balaban J connectivity index is 2.15. The molecular formula is C15H10BrNO3. The Morgan fingerprint density at radius 3 is 2.75 bits per heavy atom. The van der Waals surface area contributed by atoms with Crippen LogP contribution in [0.4, 0.5) is 0 Å². The van der Waals surface area contributed by atoms with Crippen LogP contribution in [0.25, 0.3) is 22.6 Å². The van der Waals surface area contributed by atoms with Crippen LogP contribution >= 0.6 is 15.9 Å². The SMILES string of the molecule is Cc1cc(Br)cc(-c2nc3cc(C(=O)O)ccc3o2)c1. The molecule has 2 aromatic carbocycles. The van der Waals surface area contributed by atoms with Crippen molar-refractivity contribution in [2.45, 2.75) is 6.92 Å². The van der Waals surface area contributed by atoms with Gasteiger partial charge in [-0.25, -0.2) is 9.78 Å². The Morgan fingerprint density at radius 1 is 1.25 bits per heavy atom. The van der Waals surface area contributed by atoms with Crippen LogP contribution in [0, 0.1) is 6.92 Å². The fourth-order valence-electron chi connectivity index (χ4n) is 2.04. The van der Waals surface area contributed by atoms with Crippen molar-refractivity contribution < 1.29 is 14.3 Å². The molecule has 0 bridgehead atoms. The minimum absolute atomic E-state index is 0.197. The Bertz CT molecular complexity index is 803. The molecule has 0 fully saturated rings. The highest BCUT2D eigenvalue weighted by atomic mass is 79.9. The third-order valence-electron chi connectivity index (χ3n) is 2.92. The number of nitrogens with zero attached hydrogens (tertiary/aromatic N) is 1. The van der Waals surface area contributed by atoms with Crippen LogP contribution in [0.15, 0.2) is 45.3 Å². The summed E-state index contributed by atoms with van der Waals surface area (Å²) in [6.45, 7) is 1.99. The predicted octanol–water partition coefficient (Wildman–Crippen LogP) is 4.26. The number of carbonyl (C=O) groups is 1. The van der Waals surface area contributed by atoms with Gasteiger partial charge in [0, 0.05) is 10.0 Å². The van der Waals surface area contributed by atoms with E-state index in [1.807, 2.05) is 25.1 Å². The molecule has 0 aliphatic carbocycles. The van der Waals surface area contributed by atoms with Gasteiger partial charge in [-0.2, -0.15) is 0 Å². The summed E-state index contributed by atoms with van der Waals surface area (Å²) in [5.74, 6) is -0.498. The van der Waals surface area contributed by atoms with Crippen molar-refractivity contribution >= 4 is 33.0 Å². The van der Waals surface area contributed by atoms with Crippen molar-refractivity contribution in [3.05, 3.63) is 52.0 Å². The van der Waals surface area contributed by atoms with E-state index >= 15 is 0 Å². The highest BCUT2D eigenvalue weighted by molar-refractivity contribution is 9.10. The second-order valence-corrected chi connectivity index (χ2v) is 5.44. The molecule has 0 aliphatic heterocycles. The second kappa shape index (κ2) is 4.76. The molecule has 0 saturated heterocycles. The highest BCUT2D eigenvalue weighted by Gasteiger charge is 2.11. The Labute approximate surface area is 123 Å². The molecule has 0 spiro atoms. The maximum absolute atomic E-state index is 10.9. The van der Waals surface area contributed by atoms with Crippen molar-refractivity contribution in [1.82, 2.24) is 4.98 Å². The first-order valence-electron chi connectivity index (χ1n) is 5.94. The molecule has 0 atom stereocenters. The molecule has 20 heavy (non-hydrogen) atoms. The van der Waals surface area contributed by atoms with Crippen molar-refractivity contribution in [3.8, 4) is 11.5 Å². The molecule has 3 rings (SSSR count). The van der Waals surface area contributed by atoms with E-state index in [0.29, 0.717) is 17.0 Å². The summed E-state index contributed by atoms with van der Waals surface area (Å²) in [6, 6.07) is 10.5. The number of hydrogen-bond acceptors (Lipinski definition) is 3. The van der Waals surface area contributed by atoms with Gasteiger partial charge in [0.15, 0.2) is 5.58 Å². The number of aryl methyl sites for hydroxylation is 1. The zero-order valence-electron chi connectivity index (χ0n) is 10.6. The normalized spacial score (nSPS) is 10.9. The van der Waals surface area contributed by atoms with Gasteiger partial charge in [0.05, 0.1) is 5.56 Å². The zero-order chi connectivity index (χ0) is 14.3. The third-order valence-corrected chi connectivity index (χ3v) is 3.38. The number of hydrogen-bond donors (Lipinski definition) is 1. The van der Waals surface area contributed by atoms with Gasteiger partial charge < -0.3 is 9.52 Å². The lowest BCUT2D eigenvalue weighted by atomic mass is 10.1. The van der Waals surface area contributed by atoms with Gasteiger partial charge in [-0.1, -0.05) is 15.9 Å². The first-order valence-corrected chi connectivity index (χ1v) is 6.74. The topological polar surface area (TPSA) is 63.3 Å². The van der Waals surface area contributed by atoms with E-state index in [0.717, 1.165) is 15.6 Å². The van der Waals surface area contributed by atoms with Gasteiger partial charge in [0.25, 0.3) is 0 Å². The van der Waals surface area contributed by atoms with E-state index in [1.54, 1.807) is 6.07 Å². The summed E-state index contributed by atoms with van der Waals surface area (Å²) < 4.78 is 6.62. The van der Waals surface area contributed by atoms with Gasteiger partial charge in [0.2, 0.25) is 5.89 Å². The third kappa shape index (κ3) is 2.32. The lowest BCUT2D eigenvalue weighted by Crippen LogP contribution is -1.94. The number of aromatic carboxylic acids is 1. The summed E-state index contributed by atoms with van der Waals surface area (Å²) in [4.78, 5) is 15.3. The quantitative estimate of drug-likeness (QED) is 0.761. The lowest BCUT2D eigenvalue weighted by molar-refractivity contribution is 0.0697. The molecule has 4 nitrogen and oxygen atoms in total. The van der Waals surface area contributed by atoms with Crippen LogP contribution in [0.3, 0.4) is 0 Å². The predicted molar refractivity (Wildman–Crippen MR) is 78.8 cm³/mol. The molecule has 0 aliphatic rings. The van der Waals surface area contributed by atoms with Crippen LogP contribution in [-0.4, -0.2) is 16.1 Å². The highest BCUT2D eigenvalue weighted by Crippen LogP contribution is 2.28. The van der Waals surface area contributed by atoms with E-state index in [4.69, 9.17) is 9.52 Å². The number of benzene rings is 2. The van der Waals surface area contributed by atoms with Crippen LogP contribution in [0.2, 0.25) is 0 Å². The van der Waals surface area contributed by atoms with E-state index in [2.05, 4.69) is 20.9 Å². The lowest BCUT2D eigenvalue weighted by Gasteiger charge is -1.99. The number of fused-ring (bicyclic) bond motifs is 1. The Morgan fingerprint density at radius 2 is 2.05 bits per heavy atom. The maximum Gasteiger partial charge on any atom is 0.335 e. The average Bonchev–Trinajstić information content (AvgIpc) is 2.80. The fraction of sp³-hybridized carbons (Fsp3) is 0.0667. The largest absolute Gasteiger partial charge is 0.478 e. The smallest absolute Gasteiger partial charge is 0.335 e. The number of aromatic nitrogens is 1. The van der Waals surface area contributed by atoms with Crippen LogP contribution in [0.1, 0.15) is 15.9 Å². The molecule has 5 heteroatoms. The number of rotatable bonds is 2. The molecular weight excluding hydrogens is 322 g/mol. The molecule has 1 aromatic heterocycles. The first-order chi connectivity index (χ1) is 9.52. The van der Waals surface area contributed by atoms with Gasteiger partial charge in [-0.15, -0.1) is 0 Å². The molecule has 3 aromatic rings. The van der Waals surface area contributed by atoms with Crippen molar-refractivity contribution in [2.24, 2.45) is 0 Å². The molecule has 0 unspecified atom stereocenters. The van der Waals surface area contributed by atoms with E-state index in [9.17, 15) is 4.79 Å². The summed E-state index contributed by atoms with van der Waals surface area (Å²) in [5.41, 5.74) is 3.25. The minimum Gasteiger partial charge on any atom is -0.478 e. The average molecular weight is 332 g/mol. The second-order valence-electron chi connectivity index (χ2n) is 4.52. The summed E-state index contributed by atoms with van der Waals surface area (Å²) in [7, 11) is 0. The maximum atomic E-state index is 10.9. The molecule has 1 N–H and O–H groups in total. The standard InChI is InChI=1S/C15H10BrNO3/c1-8-4-10(6-11(16)5-8)14-17-12-7-9(15(18)19)2-3-13(12)20-14/h2-7H,1H3,(H,18,19). The number of halogens is 1. The fourth-order valence-corrected chi connectivity index (χ4v) is 2.65. The van der Waals surface area contributed by atoms with Gasteiger partial charge in [-0.3, -0.25) is 0 Å². The van der Waals surface area contributed by atoms with Gasteiger partial charge in [0.1, 0.15) is 5.52 Å². The summed E-state index contributed by atoms with van der Waals surface area (Å²) in [5, 5.41) is 8.98. The van der Waals surface area contributed by atoms with Crippen molar-refractivity contribution in [3.63, 3.8) is 0 Å². The Kier molecular flexibility index (Phi) is 3.06. The number of carboxylic acid groups (broad SMARTS) is 1. The summed E-state index contributed by atoms with van der Waals surface area (Å²) >= 11 is 3.44. The zero-order valence-corrected chi connectivity index (χ0v) is 12.1. The molecule has 1 heterocycles. The van der Waals surface area contributed by atoms with Gasteiger partial charge in [-0.05, 0) is 48.9 Å². The summed E-state index contributed by atoms with van der Waals surface area (Å²) in [6.07, 6.45) is 0.